The van der Waals surface area contributed by atoms with Crippen molar-refractivity contribution in [1.29, 1.82) is 5.26 Å². The molecule has 2 aliphatic rings. The highest BCUT2D eigenvalue weighted by Gasteiger charge is 2.40. The van der Waals surface area contributed by atoms with Gasteiger partial charge in [0.25, 0.3) is 0 Å². The highest BCUT2D eigenvalue weighted by Crippen LogP contribution is 2.41. The molecular weight excluding hydrogens is 260 g/mol. The first-order valence-corrected chi connectivity index (χ1v) is 8.14. The summed E-state index contributed by atoms with van der Waals surface area (Å²) in [5, 5.41) is 18.9. The van der Waals surface area contributed by atoms with E-state index in [0.29, 0.717) is 18.0 Å². The third-order valence-corrected chi connectivity index (χ3v) is 5.05. The summed E-state index contributed by atoms with van der Waals surface area (Å²) in [5.41, 5.74) is 1.40. The van der Waals surface area contributed by atoms with Gasteiger partial charge in [-0.15, -0.1) is 0 Å². The summed E-state index contributed by atoms with van der Waals surface area (Å²) in [5.74, 6) is 0.679. The Morgan fingerprint density at radius 1 is 1.14 bits per heavy atom. The maximum atomic E-state index is 9.50. The molecule has 0 bridgehead atoms. The molecule has 0 aromatic heterocycles. The van der Waals surface area contributed by atoms with Gasteiger partial charge < -0.3 is 5.11 Å². The maximum absolute atomic E-state index is 9.50. The van der Waals surface area contributed by atoms with E-state index in [-0.39, 0.29) is 12.5 Å². The summed E-state index contributed by atoms with van der Waals surface area (Å²) < 4.78 is 0. The Kier molecular flexibility index (Phi) is 4.57. The van der Waals surface area contributed by atoms with Crippen LogP contribution < -0.4 is 0 Å². The Balaban J connectivity index is 1.77. The van der Waals surface area contributed by atoms with E-state index in [4.69, 9.17) is 0 Å². The van der Waals surface area contributed by atoms with Crippen LogP contribution in [0.15, 0.2) is 30.3 Å². The number of hydrogen-bond acceptors (Lipinski definition) is 3. The Morgan fingerprint density at radius 3 is 2.52 bits per heavy atom. The van der Waals surface area contributed by atoms with Crippen LogP contribution in [0.5, 0.6) is 0 Å². The third-order valence-electron chi connectivity index (χ3n) is 5.05. The van der Waals surface area contributed by atoms with Crippen LogP contribution in [0.25, 0.3) is 0 Å². The van der Waals surface area contributed by atoms with Gasteiger partial charge in [-0.05, 0) is 43.6 Å². The maximum Gasteiger partial charge on any atom is 0.0672 e. The van der Waals surface area contributed by atoms with Crippen molar-refractivity contribution in [1.82, 2.24) is 4.90 Å². The van der Waals surface area contributed by atoms with E-state index in [2.05, 4.69) is 41.3 Å². The van der Waals surface area contributed by atoms with E-state index in [0.717, 1.165) is 25.8 Å². The van der Waals surface area contributed by atoms with Crippen LogP contribution in [-0.4, -0.2) is 35.2 Å². The van der Waals surface area contributed by atoms with E-state index in [1.807, 2.05) is 0 Å². The molecule has 2 saturated carbocycles. The highest BCUT2D eigenvalue weighted by molar-refractivity contribution is 5.21. The molecule has 3 nitrogen and oxygen atoms in total. The lowest BCUT2D eigenvalue weighted by Crippen LogP contribution is -2.46. The summed E-state index contributed by atoms with van der Waals surface area (Å²) >= 11 is 0. The zero-order valence-electron chi connectivity index (χ0n) is 12.5. The molecule has 21 heavy (non-hydrogen) atoms. The van der Waals surface area contributed by atoms with Crippen molar-refractivity contribution in [2.45, 2.75) is 50.1 Å². The van der Waals surface area contributed by atoms with Crippen LogP contribution in [0, 0.1) is 17.2 Å². The van der Waals surface area contributed by atoms with Crippen molar-refractivity contribution < 1.29 is 5.11 Å². The Bertz CT molecular complexity index is 492. The molecule has 0 aliphatic heterocycles. The van der Waals surface area contributed by atoms with Gasteiger partial charge in [0.15, 0.2) is 0 Å². The van der Waals surface area contributed by atoms with Crippen LogP contribution in [0.1, 0.15) is 43.6 Å². The van der Waals surface area contributed by atoms with Gasteiger partial charge in [-0.3, -0.25) is 4.90 Å². The molecule has 0 heterocycles. The lowest BCUT2D eigenvalue weighted by molar-refractivity contribution is 0.0878. The fraction of sp³-hybridized carbons (Fsp3) is 0.611. The van der Waals surface area contributed by atoms with Crippen molar-refractivity contribution >= 4 is 0 Å². The van der Waals surface area contributed by atoms with Crippen molar-refractivity contribution in [3.05, 3.63) is 35.9 Å². The molecule has 0 saturated heterocycles. The van der Waals surface area contributed by atoms with Gasteiger partial charge in [0.1, 0.15) is 0 Å². The normalized spacial score (nSPS) is 29.3. The zero-order valence-corrected chi connectivity index (χ0v) is 12.5. The first-order chi connectivity index (χ1) is 10.3. The molecule has 3 rings (SSSR count). The van der Waals surface area contributed by atoms with E-state index in [1.54, 1.807) is 0 Å². The van der Waals surface area contributed by atoms with Crippen LogP contribution in [0.3, 0.4) is 0 Å². The smallest absolute Gasteiger partial charge is 0.0672 e. The van der Waals surface area contributed by atoms with Gasteiger partial charge in [-0.2, -0.15) is 5.26 Å². The average Bonchev–Trinajstić information content (AvgIpc) is 3.38. The SMILES string of the molecule is N#CC1CCC(c2ccccc2)CC1N(CCO)C1CC1. The number of benzene rings is 1. The summed E-state index contributed by atoms with van der Waals surface area (Å²) in [7, 11) is 0. The fourth-order valence-electron chi connectivity index (χ4n) is 3.83. The number of aliphatic hydroxyl groups excluding tert-OH is 1. The fourth-order valence-corrected chi connectivity index (χ4v) is 3.83. The van der Waals surface area contributed by atoms with Crippen LogP contribution in [0.4, 0.5) is 0 Å². The molecule has 0 amide bonds. The largest absolute Gasteiger partial charge is 0.395 e. The van der Waals surface area contributed by atoms with E-state index < -0.39 is 0 Å². The molecule has 2 fully saturated rings. The molecule has 1 aromatic rings. The van der Waals surface area contributed by atoms with Crippen LogP contribution >= 0.6 is 0 Å². The number of nitriles is 1. The van der Waals surface area contributed by atoms with E-state index >= 15 is 0 Å². The monoisotopic (exact) mass is 284 g/mol. The summed E-state index contributed by atoms with van der Waals surface area (Å²) in [4.78, 5) is 2.42. The lowest BCUT2D eigenvalue weighted by atomic mass is 9.75. The molecule has 0 radical (unpaired) electrons. The third kappa shape index (κ3) is 3.28. The second-order valence-electron chi connectivity index (χ2n) is 6.42. The van der Waals surface area contributed by atoms with Crippen molar-refractivity contribution in [2.24, 2.45) is 5.92 Å². The summed E-state index contributed by atoms with van der Waals surface area (Å²) in [6.07, 6.45) is 5.60. The summed E-state index contributed by atoms with van der Waals surface area (Å²) in [6.45, 7) is 0.913. The topological polar surface area (TPSA) is 47.3 Å². The number of nitrogens with zero attached hydrogens (tertiary/aromatic N) is 2. The number of aliphatic hydroxyl groups is 1. The molecule has 1 aromatic carbocycles. The van der Waals surface area contributed by atoms with Crippen LogP contribution in [-0.2, 0) is 0 Å². The minimum Gasteiger partial charge on any atom is -0.395 e. The molecule has 1 N–H and O–H groups in total. The predicted octanol–water partition coefficient (Wildman–Crippen LogP) is 2.92. The number of rotatable bonds is 5. The van der Waals surface area contributed by atoms with Crippen LogP contribution in [0.2, 0.25) is 0 Å². The van der Waals surface area contributed by atoms with E-state index in [1.165, 1.54) is 18.4 Å². The van der Waals surface area contributed by atoms with Gasteiger partial charge in [0.05, 0.1) is 18.6 Å². The number of hydrogen-bond donors (Lipinski definition) is 1. The molecule has 112 valence electrons. The quantitative estimate of drug-likeness (QED) is 0.904. The second kappa shape index (κ2) is 6.60. The highest BCUT2D eigenvalue weighted by atomic mass is 16.3. The average molecular weight is 284 g/mol. The van der Waals surface area contributed by atoms with Crippen molar-refractivity contribution in [3.8, 4) is 6.07 Å². The van der Waals surface area contributed by atoms with Gasteiger partial charge >= 0.3 is 0 Å². The Morgan fingerprint density at radius 2 is 1.90 bits per heavy atom. The van der Waals surface area contributed by atoms with Gasteiger partial charge in [-0.25, -0.2) is 0 Å². The van der Waals surface area contributed by atoms with Crippen molar-refractivity contribution in [3.63, 3.8) is 0 Å². The van der Waals surface area contributed by atoms with Gasteiger partial charge in [0, 0.05) is 18.6 Å². The standard InChI is InChI=1S/C18H24N2O/c19-13-16-7-6-15(14-4-2-1-3-5-14)12-18(16)20(10-11-21)17-8-9-17/h1-5,15-18,21H,6-12H2. The summed E-state index contributed by atoms with van der Waals surface area (Å²) in [6, 6.07) is 14.1. The molecule has 0 spiro atoms. The molecular formula is C18H24N2O. The van der Waals surface area contributed by atoms with E-state index in [9.17, 15) is 10.4 Å². The minimum atomic E-state index is 0.122. The zero-order chi connectivity index (χ0) is 14.7. The van der Waals surface area contributed by atoms with Gasteiger partial charge in [-0.1, -0.05) is 30.3 Å². The Labute approximate surface area is 127 Å². The minimum absolute atomic E-state index is 0.122. The Hall–Kier alpha value is -1.37. The van der Waals surface area contributed by atoms with Gasteiger partial charge in [0.2, 0.25) is 0 Å². The lowest BCUT2D eigenvalue weighted by Gasteiger charge is -2.40. The molecule has 3 unspecified atom stereocenters. The molecule has 3 heteroatoms. The predicted molar refractivity (Wildman–Crippen MR) is 82.7 cm³/mol. The van der Waals surface area contributed by atoms with Crippen molar-refractivity contribution in [2.75, 3.05) is 13.2 Å². The molecule has 2 aliphatic carbocycles. The first-order valence-electron chi connectivity index (χ1n) is 8.14. The first kappa shape index (κ1) is 14.6. The second-order valence-corrected chi connectivity index (χ2v) is 6.42. The molecule has 3 atom stereocenters.